The summed E-state index contributed by atoms with van der Waals surface area (Å²) < 4.78 is 7.99. The number of oxazole rings is 1. The zero-order valence-corrected chi connectivity index (χ0v) is 7.14. The summed E-state index contributed by atoms with van der Waals surface area (Å²) in [7, 11) is 0. The summed E-state index contributed by atoms with van der Waals surface area (Å²) in [4.78, 5) is 22.3. The van der Waals surface area contributed by atoms with Gasteiger partial charge in [0.25, 0.3) is 0 Å². The summed E-state index contributed by atoms with van der Waals surface area (Å²) in [5.41, 5.74) is -0.699. The van der Waals surface area contributed by atoms with Crippen LogP contribution in [-0.4, -0.2) is 9.13 Å². The Morgan fingerprint density at radius 1 is 1.29 bits per heavy atom. The number of fused-ring (bicyclic) bond motifs is 3. The van der Waals surface area contributed by atoms with Gasteiger partial charge in [0.1, 0.15) is 5.69 Å². The van der Waals surface area contributed by atoms with Crippen molar-refractivity contribution in [3.8, 4) is 5.88 Å². The van der Waals surface area contributed by atoms with Crippen LogP contribution in [-0.2, 0) is 6.54 Å². The first-order chi connectivity index (χ1) is 6.77. The number of aromatic nitrogens is 2. The molecule has 0 radical (unpaired) electrons. The molecular weight excluding hydrogens is 184 g/mol. The van der Waals surface area contributed by atoms with E-state index < -0.39 is 11.2 Å². The molecule has 0 aromatic heterocycles. The van der Waals surface area contributed by atoms with Gasteiger partial charge in [-0.3, -0.25) is 4.79 Å². The van der Waals surface area contributed by atoms with Gasteiger partial charge in [-0.05, 0) is 6.08 Å². The first kappa shape index (κ1) is 7.37. The van der Waals surface area contributed by atoms with E-state index >= 15 is 0 Å². The molecule has 0 spiro atoms. The zero-order valence-electron chi connectivity index (χ0n) is 7.14. The summed E-state index contributed by atoms with van der Waals surface area (Å²) in [5, 5.41) is 0. The molecule has 0 unspecified atom stereocenters. The van der Waals surface area contributed by atoms with Gasteiger partial charge in [0.05, 0.1) is 0 Å². The van der Waals surface area contributed by atoms with Crippen LogP contribution in [0.25, 0.3) is 12.0 Å². The van der Waals surface area contributed by atoms with E-state index in [2.05, 4.69) is 0 Å². The number of hydrogen-bond acceptors (Lipinski definition) is 3. The average Bonchev–Trinajstić information content (AvgIpc) is 2.73. The summed E-state index contributed by atoms with van der Waals surface area (Å²) in [6.45, 7) is 0.745. The topological polar surface area (TPSA) is 57.1 Å². The van der Waals surface area contributed by atoms with E-state index in [1.807, 2.05) is 16.7 Å². The summed E-state index contributed by atoms with van der Waals surface area (Å²) in [6, 6.07) is 0. The first-order valence-electron chi connectivity index (χ1n) is 4.18. The van der Waals surface area contributed by atoms with Crippen LogP contribution in [0.2, 0.25) is 0 Å². The molecule has 5 nitrogen and oxygen atoms in total. The van der Waals surface area contributed by atoms with E-state index in [0.29, 0.717) is 5.88 Å². The van der Waals surface area contributed by atoms with Crippen LogP contribution in [0.4, 0.5) is 0 Å². The average molecular weight is 190 g/mol. The van der Waals surface area contributed by atoms with E-state index in [1.54, 1.807) is 12.4 Å². The number of allylic oxidation sites excluding steroid dienone is 1. The van der Waals surface area contributed by atoms with Gasteiger partial charge in [0.15, 0.2) is 0 Å². The lowest BCUT2D eigenvalue weighted by Gasteiger charge is -2.07. The molecule has 3 aliphatic heterocycles. The van der Waals surface area contributed by atoms with Crippen LogP contribution in [0.1, 0.15) is 5.69 Å². The smallest absolute Gasteiger partial charge is 0.399 e. The van der Waals surface area contributed by atoms with Gasteiger partial charge in [0.2, 0.25) is 5.88 Å². The number of nitrogens with zero attached hydrogens (tertiary/aromatic N) is 2. The second-order valence-electron chi connectivity index (χ2n) is 3.11. The summed E-state index contributed by atoms with van der Waals surface area (Å²) >= 11 is 0. The largest absolute Gasteiger partial charge is 0.404 e. The van der Waals surface area contributed by atoms with E-state index in [4.69, 9.17) is 4.42 Å². The molecule has 0 bridgehead atoms. The fourth-order valence-corrected chi connectivity index (χ4v) is 1.64. The van der Waals surface area contributed by atoms with Crippen molar-refractivity contribution in [2.75, 3.05) is 0 Å². The molecule has 14 heavy (non-hydrogen) atoms. The minimum atomic E-state index is -0.820. The predicted molar refractivity (Wildman–Crippen MR) is 48.8 cm³/mol. The van der Waals surface area contributed by atoms with E-state index in [-0.39, 0.29) is 0 Å². The van der Waals surface area contributed by atoms with Crippen molar-refractivity contribution in [2.24, 2.45) is 0 Å². The lowest BCUT2D eigenvalue weighted by atomic mass is 10.4. The molecule has 0 amide bonds. The molecule has 3 aliphatic rings. The standard InChI is InChI=1S/C9H6N2O3/c12-7-9(13)14-8-6-2-1-3-10(6)4-5-11(7)8/h1-2,4-5H,3H2. The van der Waals surface area contributed by atoms with E-state index in [1.165, 1.54) is 4.57 Å². The van der Waals surface area contributed by atoms with Crippen molar-refractivity contribution in [2.45, 2.75) is 6.54 Å². The Hall–Kier alpha value is -2.04. The second kappa shape index (κ2) is 2.25. The highest BCUT2D eigenvalue weighted by Crippen LogP contribution is 2.18. The molecule has 0 N–H and O–H groups in total. The highest BCUT2D eigenvalue weighted by atomic mass is 16.4. The summed E-state index contributed by atoms with van der Waals surface area (Å²) in [6.07, 6.45) is 7.06. The van der Waals surface area contributed by atoms with Crippen molar-refractivity contribution in [1.82, 2.24) is 9.13 Å². The molecule has 0 saturated heterocycles. The summed E-state index contributed by atoms with van der Waals surface area (Å²) in [5.74, 6) is 0.316. The highest BCUT2D eigenvalue weighted by Gasteiger charge is 2.19. The van der Waals surface area contributed by atoms with Crippen LogP contribution < -0.4 is 11.2 Å². The van der Waals surface area contributed by atoms with Gasteiger partial charge < -0.3 is 8.98 Å². The first-order valence-corrected chi connectivity index (χ1v) is 4.18. The maximum Gasteiger partial charge on any atom is 0.404 e. The Balaban J connectivity index is 2.54. The Morgan fingerprint density at radius 2 is 2.14 bits per heavy atom. The van der Waals surface area contributed by atoms with Crippen LogP contribution in [0.5, 0.6) is 0 Å². The monoisotopic (exact) mass is 190 g/mol. The second-order valence-corrected chi connectivity index (χ2v) is 3.11. The fourth-order valence-electron chi connectivity index (χ4n) is 1.64. The van der Waals surface area contributed by atoms with E-state index in [0.717, 1.165) is 12.2 Å². The van der Waals surface area contributed by atoms with E-state index in [9.17, 15) is 9.59 Å². The third-order valence-electron chi connectivity index (χ3n) is 2.30. The molecule has 0 fully saturated rings. The molecule has 0 saturated carbocycles. The van der Waals surface area contributed by atoms with Crippen molar-refractivity contribution in [3.05, 3.63) is 44.9 Å². The third kappa shape index (κ3) is 0.736. The molecule has 0 atom stereocenters. The molecule has 3 rings (SSSR count). The zero-order chi connectivity index (χ0) is 9.71. The Labute approximate surface area is 77.8 Å². The third-order valence-corrected chi connectivity index (χ3v) is 2.30. The minimum absolute atomic E-state index is 0.316. The van der Waals surface area contributed by atoms with Gasteiger partial charge in [-0.15, -0.1) is 0 Å². The van der Waals surface area contributed by atoms with Gasteiger partial charge >= 0.3 is 11.2 Å². The maximum atomic E-state index is 11.3. The van der Waals surface area contributed by atoms with Crippen LogP contribution >= 0.6 is 0 Å². The van der Waals surface area contributed by atoms with Gasteiger partial charge in [-0.2, -0.15) is 0 Å². The Bertz CT molecular complexity index is 614. The molecule has 0 aromatic rings. The molecule has 3 heterocycles. The SMILES string of the molecule is O=c1oc2c3n(ccn-2c1=O)CC=C3. The molecule has 0 aliphatic carbocycles. The van der Waals surface area contributed by atoms with Gasteiger partial charge in [-0.25, -0.2) is 9.36 Å². The number of hydrogen-bond donors (Lipinski definition) is 0. The van der Waals surface area contributed by atoms with Crippen molar-refractivity contribution in [3.63, 3.8) is 0 Å². The van der Waals surface area contributed by atoms with Crippen LogP contribution in [0, 0.1) is 0 Å². The highest BCUT2D eigenvalue weighted by molar-refractivity contribution is 5.56. The quantitative estimate of drug-likeness (QED) is 0.552. The van der Waals surface area contributed by atoms with Crippen molar-refractivity contribution >= 4 is 6.08 Å². The molecule has 0 aromatic carbocycles. The lowest BCUT2D eigenvalue weighted by molar-refractivity contribution is 0.515. The van der Waals surface area contributed by atoms with Crippen molar-refractivity contribution in [1.29, 1.82) is 0 Å². The van der Waals surface area contributed by atoms with Crippen molar-refractivity contribution < 1.29 is 4.42 Å². The normalized spacial score (nSPS) is 13.7. The minimum Gasteiger partial charge on any atom is -0.399 e. The van der Waals surface area contributed by atoms with Gasteiger partial charge in [0, 0.05) is 18.9 Å². The maximum absolute atomic E-state index is 11.3. The molecular formula is C9H6N2O3. The molecule has 5 heteroatoms. The Kier molecular flexibility index (Phi) is 1.19. The Morgan fingerprint density at radius 3 is 3.00 bits per heavy atom. The fraction of sp³-hybridized carbons (Fsp3) is 0.111. The molecule has 70 valence electrons. The van der Waals surface area contributed by atoms with Gasteiger partial charge in [-0.1, -0.05) is 6.08 Å². The van der Waals surface area contributed by atoms with Crippen LogP contribution in [0.3, 0.4) is 0 Å². The number of rotatable bonds is 0. The lowest BCUT2D eigenvalue weighted by Crippen LogP contribution is -2.24. The predicted octanol–water partition coefficient (Wildman–Crippen LogP) is 0.0568. The van der Waals surface area contributed by atoms with Crippen LogP contribution in [0.15, 0.2) is 32.5 Å².